The maximum absolute atomic E-state index is 10.8. The van der Waals surface area contributed by atoms with Crippen molar-refractivity contribution in [2.24, 2.45) is 0 Å². The van der Waals surface area contributed by atoms with Gasteiger partial charge in [0, 0.05) is 5.57 Å². The highest BCUT2D eigenvalue weighted by Gasteiger charge is 2.02. The Morgan fingerprint density at radius 1 is 1.67 bits per heavy atom. The third kappa shape index (κ3) is 5.92. The zero-order chi connectivity index (χ0) is 9.56. The molecule has 0 rings (SSSR count). The molecule has 0 saturated carbocycles. The van der Waals surface area contributed by atoms with Gasteiger partial charge in [0.2, 0.25) is 0 Å². The van der Waals surface area contributed by atoms with Gasteiger partial charge >= 0.3 is 5.97 Å². The summed E-state index contributed by atoms with van der Waals surface area (Å²) in [5.41, 5.74) is 0.394. The van der Waals surface area contributed by atoms with E-state index in [1.165, 1.54) is 0 Å². The zero-order valence-electron chi connectivity index (χ0n) is 7.38. The minimum Gasteiger partial charge on any atom is -0.462 e. The number of carbonyl (C=O) groups is 1. The van der Waals surface area contributed by atoms with E-state index in [9.17, 15) is 4.79 Å². The Bertz CT molecular complexity index is 161. The van der Waals surface area contributed by atoms with Crippen LogP contribution < -0.4 is 0 Å². The van der Waals surface area contributed by atoms with Crippen LogP contribution in [0.15, 0.2) is 12.2 Å². The molecular weight excluding hydrogens is 156 g/mol. The Labute approximate surface area is 73.0 Å². The number of hydrogen-bond donors (Lipinski definition) is 1. The molecule has 1 N–H and O–H groups in total. The topological polar surface area (TPSA) is 46.5 Å². The van der Waals surface area contributed by atoms with Crippen LogP contribution >= 0.6 is 0 Å². The molecule has 0 aromatic rings. The van der Waals surface area contributed by atoms with Crippen LogP contribution in [-0.4, -0.2) is 23.8 Å². The molecule has 0 aliphatic heterocycles. The molecule has 0 bridgehead atoms. The van der Waals surface area contributed by atoms with E-state index < -0.39 is 6.10 Å². The van der Waals surface area contributed by atoms with Crippen LogP contribution in [0.4, 0.5) is 0 Å². The van der Waals surface area contributed by atoms with Crippen LogP contribution in [0.1, 0.15) is 19.8 Å². The first-order valence-electron chi connectivity index (χ1n) is 3.88. The predicted octanol–water partition coefficient (Wildman–Crippen LogP) is 1.08. The first-order valence-corrected chi connectivity index (χ1v) is 3.88. The van der Waals surface area contributed by atoms with Gasteiger partial charge in [0.05, 0.1) is 12.7 Å². The molecule has 0 spiro atoms. The number of hydrogen-bond acceptors (Lipinski definition) is 3. The Balaban J connectivity index is 3.32. The average molecular weight is 171 g/mol. The number of carbonyl (C=O) groups excluding carboxylic acids is 1. The highest BCUT2D eigenvalue weighted by molar-refractivity contribution is 5.86. The van der Waals surface area contributed by atoms with E-state index in [1.54, 1.807) is 6.92 Å². The molecule has 0 aromatic heterocycles. The minimum atomic E-state index is -0.575. The van der Waals surface area contributed by atoms with Gasteiger partial charge in [-0.2, -0.15) is 0 Å². The quantitative estimate of drug-likeness (QED) is 0.382. The molecule has 1 unspecified atom stereocenters. The smallest absolute Gasteiger partial charge is 0.333 e. The van der Waals surface area contributed by atoms with Crippen molar-refractivity contribution >= 4 is 5.97 Å². The predicted molar refractivity (Wildman–Crippen MR) is 46.4 cm³/mol. The van der Waals surface area contributed by atoms with Gasteiger partial charge in [-0.05, 0) is 26.7 Å². The van der Waals surface area contributed by atoms with Crippen LogP contribution in [0.5, 0.6) is 0 Å². The van der Waals surface area contributed by atoms with Crippen LogP contribution in [0.2, 0.25) is 0 Å². The molecule has 0 heterocycles. The third-order valence-electron chi connectivity index (χ3n) is 1.26. The number of rotatable bonds is 5. The van der Waals surface area contributed by atoms with Gasteiger partial charge in [0.15, 0.2) is 0 Å². The fourth-order valence-corrected chi connectivity index (χ4v) is 0.607. The SMILES string of the molecule is [CH2]C(O)CCCOC(=O)C(=C)C. The Morgan fingerprint density at radius 3 is 2.67 bits per heavy atom. The molecule has 0 amide bonds. The van der Waals surface area contributed by atoms with Gasteiger partial charge in [-0.25, -0.2) is 4.79 Å². The Kier molecular flexibility index (Phi) is 5.37. The van der Waals surface area contributed by atoms with Crippen molar-refractivity contribution in [2.75, 3.05) is 6.61 Å². The van der Waals surface area contributed by atoms with E-state index in [0.29, 0.717) is 25.0 Å². The molecule has 69 valence electrons. The Morgan fingerprint density at radius 2 is 2.25 bits per heavy atom. The molecular formula is C9H15O3. The van der Waals surface area contributed by atoms with Gasteiger partial charge in [0.25, 0.3) is 0 Å². The van der Waals surface area contributed by atoms with Gasteiger partial charge in [0.1, 0.15) is 0 Å². The maximum atomic E-state index is 10.8. The Hall–Kier alpha value is -0.830. The largest absolute Gasteiger partial charge is 0.462 e. The molecule has 3 nitrogen and oxygen atoms in total. The van der Waals surface area contributed by atoms with Crippen molar-refractivity contribution in [1.82, 2.24) is 0 Å². The van der Waals surface area contributed by atoms with E-state index in [2.05, 4.69) is 13.5 Å². The van der Waals surface area contributed by atoms with Gasteiger partial charge in [-0.3, -0.25) is 0 Å². The van der Waals surface area contributed by atoms with Gasteiger partial charge in [-0.15, -0.1) is 0 Å². The van der Waals surface area contributed by atoms with Crippen LogP contribution in [0.25, 0.3) is 0 Å². The lowest BCUT2D eigenvalue weighted by Crippen LogP contribution is -2.08. The second-order valence-electron chi connectivity index (χ2n) is 2.71. The third-order valence-corrected chi connectivity index (χ3v) is 1.26. The van der Waals surface area contributed by atoms with Crippen LogP contribution in [0.3, 0.4) is 0 Å². The molecule has 0 fully saturated rings. The molecule has 0 aliphatic carbocycles. The molecule has 12 heavy (non-hydrogen) atoms. The maximum Gasteiger partial charge on any atom is 0.333 e. The molecule has 0 aliphatic rings. The summed E-state index contributed by atoms with van der Waals surface area (Å²) in [7, 11) is 0. The summed E-state index contributed by atoms with van der Waals surface area (Å²) in [4.78, 5) is 10.8. The van der Waals surface area contributed by atoms with Crippen LogP contribution in [-0.2, 0) is 9.53 Å². The summed E-state index contributed by atoms with van der Waals surface area (Å²) in [5.74, 6) is -0.381. The highest BCUT2D eigenvalue weighted by Crippen LogP contribution is 1.98. The minimum absolute atomic E-state index is 0.318. The lowest BCUT2D eigenvalue weighted by Gasteiger charge is -2.05. The van der Waals surface area contributed by atoms with Gasteiger partial charge < -0.3 is 9.84 Å². The summed E-state index contributed by atoms with van der Waals surface area (Å²) in [6, 6.07) is 0. The van der Waals surface area contributed by atoms with Crippen molar-refractivity contribution < 1.29 is 14.6 Å². The second-order valence-corrected chi connectivity index (χ2v) is 2.71. The standard InChI is InChI=1S/C9H15O3/c1-7(2)9(11)12-6-4-5-8(3)10/h8,10H,1,3-6H2,2H3. The van der Waals surface area contributed by atoms with Crippen LogP contribution in [0, 0.1) is 6.92 Å². The number of ether oxygens (including phenoxy) is 1. The summed E-state index contributed by atoms with van der Waals surface area (Å²) in [6.07, 6.45) is 0.598. The van der Waals surface area contributed by atoms with Crippen molar-refractivity contribution in [3.8, 4) is 0 Å². The molecule has 0 saturated heterocycles. The van der Waals surface area contributed by atoms with E-state index in [1.807, 2.05) is 0 Å². The number of aliphatic hydroxyl groups is 1. The lowest BCUT2D eigenvalue weighted by molar-refractivity contribution is -0.139. The summed E-state index contributed by atoms with van der Waals surface area (Å²) in [5, 5.41) is 8.76. The number of aliphatic hydroxyl groups excluding tert-OH is 1. The number of esters is 1. The monoisotopic (exact) mass is 171 g/mol. The van der Waals surface area contributed by atoms with Crippen molar-refractivity contribution in [3.63, 3.8) is 0 Å². The fraction of sp³-hybridized carbons (Fsp3) is 0.556. The second kappa shape index (κ2) is 5.77. The molecule has 1 atom stereocenters. The first-order chi connectivity index (χ1) is 5.54. The zero-order valence-corrected chi connectivity index (χ0v) is 7.38. The van der Waals surface area contributed by atoms with Gasteiger partial charge in [-0.1, -0.05) is 6.58 Å². The lowest BCUT2D eigenvalue weighted by atomic mass is 10.2. The van der Waals surface area contributed by atoms with Crippen molar-refractivity contribution in [2.45, 2.75) is 25.9 Å². The van der Waals surface area contributed by atoms with E-state index in [4.69, 9.17) is 9.84 Å². The first kappa shape index (κ1) is 11.2. The van der Waals surface area contributed by atoms with Crippen molar-refractivity contribution in [3.05, 3.63) is 19.1 Å². The van der Waals surface area contributed by atoms with Crippen molar-refractivity contribution in [1.29, 1.82) is 0 Å². The summed E-state index contributed by atoms with van der Waals surface area (Å²) < 4.78 is 4.78. The van der Waals surface area contributed by atoms with E-state index in [0.717, 1.165) is 0 Å². The average Bonchev–Trinajstić information content (AvgIpc) is 1.97. The van der Waals surface area contributed by atoms with E-state index >= 15 is 0 Å². The fourth-order valence-electron chi connectivity index (χ4n) is 0.607. The van der Waals surface area contributed by atoms with E-state index in [-0.39, 0.29) is 5.97 Å². The summed E-state index contributed by atoms with van der Waals surface area (Å²) in [6.45, 7) is 8.73. The normalized spacial score (nSPS) is 12.2. The highest BCUT2D eigenvalue weighted by atomic mass is 16.5. The molecule has 3 heteroatoms. The summed E-state index contributed by atoms with van der Waals surface area (Å²) >= 11 is 0. The molecule has 0 aromatic carbocycles. The molecule has 1 radical (unpaired) electrons.